The highest BCUT2D eigenvalue weighted by Gasteiger charge is 2.40. The normalized spacial score (nSPS) is 26.3. The van der Waals surface area contributed by atoms with E-state index in [0.29, 0.717) is 18.5 Å². The fourth-order valence-electron chi connectivity index (χ4n) is 4.87. The average molecular weight is 516 g/mol. The van der Waals surface area contributed by atoms with Crippen molar-refractivity contribution >= 4 is 41.6 Å². The second kappa shape index (κ2) is 11.9. The van der Waals surface area contributed by atoms with Crippen LogP contribution in [0.2, 0.25) is 0 Å². The highest BCUT2D eigenvalue weighted by atomic mass is 16.4. The minimum Gasteiger partial charge on any atom is -0.481 e. The number of amides is 4. The van der Waals surface area contributed by atoms with Gasteiger partial charge in [0.1, 0.15) is 24.1 Å². The van der Waals surface area contributed by atoms with E-state index in [1.807, 2.05) is 18.2 Å². The summed E-state index contributed by atoms with van der Waals surface area (Å²) in [6.45, 7) is 5.49. The van der Waals surface area contributed by atoms with Gasteiger partial charge in [0.25, 0.3) is 5.91 Å². The van der Waals surface area contributed by atoms with Gasteiger partial charge in [0, 0.05) is 32.5 Å². The summed E-state index contributed by atoms with van der Waals surface area (Å²) in [5, 5.41) is 14.0. The van der Waals surface area contributed by atoms with Crippen LogP contribution in [-0.2, 0) is 28.8 Å². The Morgan fingerprint density at radius 2 is 1.86 bits per heavy atom. The Morgan fingerprint density at radius 1 is 1.16 bits per heavy atom. The van der Waals surface area contributed by atoms with Crippen LogP contribution in [0.1, 0.15) is 27.2 Å². The number of allylic oxidation sites excluding steroid dienone is 4. The molecule has 12 heteroatoms. The lowest BCUT2D eigenvalue weighted by Crippen LogP contribution is -2.64. The second-order valence-corrected chi connectivity index (χ2v) is 9.63. The Labute approximate surface area is 214 Å². The maximum atomic E-state index is 13.4. The van der Waals surface area contributed by atoms with Crippen LogP contribution < -0.4 is 10.6 Å². The van der Waals surface area contributed by atoms with Gasteiger partial charge >= 0.3 is 5.97 Å². The van der Waals surface area contributed by atoms with Gasteiger partial charge in [-0.1, -0.05) is 31.2 Å². The summed E-state index contributed by atoms with van der Waals surface area (Å²) in [7, 11) is 0. The molecule has 0 aromatic carbocycles. The number of nitrogens with zero attached hydrogens (tertiary/aromatic N) is 3. The molecule has 12 nitrogen and oxygen atoms in total. The van der Waals surface area contributed by atoms with Crippen molar-refractivity contribution in [2.75, 3.05) is 26.2 Å². The number of nitrogens with one attached hydrogen (secondary N) is 2. The Bertz CT molecular complexity index is 1050. The zero-order valence-corrected chi connectivity index (χ0v) is 21.1. The molecule has 200 valence electrons. The number of fused-ring (bicyclic) bond motifs is 1. The van der Waals surface area contributed by atoms with Crippen LogP contribution in [0.25, 0.3) is 0 Å². The van der Waals surface area contributed by atoms with E-state index in [9.17, 15) is 28.8 Å². The quantitative estimate of drug-likeness (QED) is 0.354. The third-order valence-corrected chi connectivity index (χ3v) is 6.95. The highest BCUT2D eigenvalue weighted by Crippen LogP contribution is 2.32. The summed E-state index contributed by atoms with van der Waals surface area (Å²) in [4.78, 5) is 80.8. The van der Waals surface area contributed by atoms with Gasteiger partial charge < -0.3 is 30.3 Å². The highest BCUT2D eigenvalue weighted by molar-refractivity contribution is 6.40. The van der Waals surface area contributed by atoms with Crippen molar-refractivity contribution in [1.29, 1.82) is 0 Å². The van der Waals surface area contributed by atoms with Gasteiger partial charge in [-0.15, -0.1) is 0 Å². The maximum absolute atomic E-state index is 13.4. The fraction of sp³-hybridized carbons (Fsp3) is 0.560. The number of carboxylic acid groups (broad SMARTS) is 1. The van der Waals surface area contributed by atoms with E-state index >= 15 is 0 Å². The number of aldehydes is 1. The Kier molecular flexibility index (Phi) is 8.95. The van der Waals surface area contributed by atoms with Gasteiger partial charge in [-0.3, -0.25) is 29.0 Å². The first-order valence-electron chi connectivity index (χ1n) is 12.3. The maximum Gasteiger partial charge on any atom is 0.305 e. The van der Waals surface area contributed by atoms with Crippen molar-refractivity contribution < 1.29 is 33.9 Å². The van der Waals surface area contributed by atoms with Crippen LogP contribution in [0.3, 0.4) is 0 Å². The van der Waals surface area contributed by atoms with Gasteiger partial charge in [0.2, 0.25) is 17.7 Å². The first kappa shape index (κ1) is 27.8. The molecule has 0 saturated carbocycles. The first-order valence-corrected chi connectivity index (χ1v) is 12.3. The molecule has 3 N–H and O–H groups in total. The predicted molar refractivity (Wildman–Crippen MR) is 132 cm³/mol. The van der Waals surface area contributed by atoms with Gasteiger partial charge in [0.05, 0.1) is 19.0 Å². The minimum absolute atomic E-state index is 0.0259. The van der Waals surface area contributed by atoms with Crippen LogP contribution >= 0.6 is 0 Å². The lowest BCUT2D eigenvalue weighted by Gasteiger charge is -2.41. The van der Waals surface area contributed by atoms with Crippen molar-refractivity contribution in [2.24, 2.45) is 22.7 Å². The molecule has 1 saturated heterocycles. The van der Waals surface area contributed by atoms with Crippen LogP contribution in [0.4, 0.5) is 0 Å². The molecule has 3 rings (SSSR count). The van der Waals surface area contributed by atoms with Gasteiger partial charge in [0.15, 0.2) is 0 Å². The summed E-state index contributed by atoms with van der Waals surface area (Å²) >= 11 is 0. The number of aliphatic imine (C=N–C) groups is 1. The number of hydrogen-bond acceptors (Lipinski definition) is 7. The second-order valence-electron chi connectivity index (χ2n) is 9.63. The number of hydrogen-bond donors (Lipinski definition) is 3. The molecular weight excluding hydrogens is 482 g/mol. The number of aliphatic carboxylic acids is 1. The van der Waals surface area contributed by atoms with Crippen molar-refractivity contribution in [3.8, 4) is 0 Å². The van der Waals surface area contributed by atoms with Gasteiger partial charge in [-0.25, -0.2) is 0 Å². The van der Waals surface area contributed by atoms with Crippen LogP contribution in [0.5, 0.6) is 0 Å². The van der Waals surface area contributed by atoms with Crippen LogP contribution in [0, 0.1) is 17.8 Å². The van der Waals surface area contributed by atoms with Crippen molar-refractivity contribution in [1.82, 2.24) is 20.4 Å². The molecule has 2 aliphatic heterocycles. The smallest absolute Gasteiger partial charge is 0.305 e. The minimum atomic E-state index is -1.29. The molecule has 6 atom stereocenters. The number of carbonyl (C=O) groups is 6. The van der Waals surface area contributed by atoms with E-state index in [1.165, 1.54) is 23.6 Å². The summed E-state index contributed by atoms with van der Waals surface area (Å²) < 4.78 is 0. The Hall–Kier alpha value is -3.83. The van der Waals surface area contributed by atoms with Crippen molar-refractivity contribution in [2.45, 2.75) is 45.3 Å². The zero-order chi connectivity index (χ0) is 27.3. The molecule has 2 heterocycles. The molecule has 1 aliphatic carbocycles. The molecule has 0 aromatic heterocycles. The topological polar surface area (TPSA) is 166 Å². The zero-order valence-electron chi connectivity index (χ0n) is 21.1. The fourth-order valence-corrected chi connectivity index (χ4v) is 4.87. The molecule has 37 heavy (non-hydrogen) atoms. The number of rotatable bonds is 8. The number of piperazine rings is 1. The molecule has 3 unspecified atom stereocenters. The molecule has 0 spiro atoms. The molecule has 0 radical (unpaired) electrons. The lowest BCUT2D eigenvalue weighted by atomic mass is 9.75. The molecular formula is C25H33N5O7. The molecule has 4 amide bonds. The van der Waals surface area contributed by atoms with Crippen LogP contribution in [-0.4, -0.2) is 101 Å². The van der Waals surface area contributed by atoms with E-state index in [-0.39, 0.29) is 43.3 Å². The Balaban J connectivity index is 1.73. The SMILES string of the molecule is CC(=O)N1CCN(C(=O)[C@H](C)NC(=O)C2=NCC(C)C3C=CC=CC23)[C@H](C(=O)N[C@H](C=O)CC(=O)O)C1. The molecule has 0 aromatic rings. The lowest BCUT2D eigenvalue weighted by molar-refractivity contribution is -0.149. The standard InChI is InChI=1S/C25H33N5O7/c1-14-11-26-22(19-7-5-4-6-18(14)19)24(36)27-15(2)25(37)30-9-8-29(16(3)32)12-20(30)23(35)28-17(13-31)10-21(33)34/h4-7,13-15,17-20H,8-12H2,1-3H3,(H,27,36)(H,28,35)(H,33,34)/t14?,15-,17-,18?,19?,20-/m0/s1. The molecule has 0 bridgehead atoms. The Morgan fingerprint density at radius 3 is 2.51 bits per heavy atom. The van der Waals surface area contributed by atoms with E-state index in [2.05, 4.69) is 28.6 Å². The summed E-state index contributed by atoms with van der Waals surface area (Å²) in [5.74, 6) is -3.12. The van der Waals surface area contributed by atoms with Crippen molar-refractivity contribution in [3.63, 3.8) is 0 Å². The molecule has 1 fully saturated rings. The summed E-state index contributed by atoms with van der Waals surface area (Å²) in [6.07, 6.45) is 7.48. The number of carbonyl (C=O) groups excluding carboxylic acids is 5. The average Bonchev–Trinajstić information content (AvgIpc) is 2.87. The predicted octanol–water partition coefficient (Wildman–Crippen LogP) is -0.842. The summed E-state index contributed by atoms with van der Waals surface area (Å²) in [6, 6.07) is -3.45. The van der Waals surface area contributed by atoms with E-state index < -0.39 is 48.2 Å². The van der Waals surface area contributed by atoms with Gasteiger partial charge in [-0.05, 0) is 18.8 Å². The van der Waals surface area contributed by atoms with Crippen molar-refractivity contribution in [3.05, 3.63) is 24.3 Å². The number of carboxylic acids is 1. The third kappa shape index (κ3) is 6.49. The molecule has 3 aliphatic rings. The van der Waals surface area contributed by atoms with Crippen LogP contribution in [0.15, 0.2) is 29.3 Å². The monoisotopic (exact) mass is 515 g/mol. The largest absolute Gasteiger partial charge is 0.481 e. The third-order valence-electron chi connectivity index (χ3n) is 6.95. The van der Waals surface area contributed by atoms with Gasteiger partial charge in [-0.2, -0.15) is 0 Å². The van der Waals surface area contributed by atoms with E-state index in [1.54, 1.807) is 0 Å². The van der Waals surface area contributed by atoms with E-state index in [4.69, 9.17) is 5.11 Å². The van der Waals surface area contributed by atoms with E-state index in [0.717, 1.165) is 0 Å². The first-order chi connectivity index (χ1) is 17.5. The summed E-state index contributed by atoms with van der Waals surface area (Å²) in [5.41, 5.74) is 0.349.